The Kier molecular flexibility index (Phi) is 2.52. The van der Waals surface area contributed by atoms with Gasteiger partial charge in [-0.2, -0.15) is 13.2 Å². The van der Waals surface area contributed by atoms with Crippen LogP contribution in [0, 0.1) is 6.92 Å². The van der Waals surface area contributed by atoms with E-state index in [-0.39, 0.29) is 0 Å². The number of halogens is 5. The van der Waals surface area contributed by atoms with Crippen LogP contribution in [-0.2, 0) is 12.1 Å². The fraction of sp³-hybridized carbons (Fsp3) is 0.222. The smallest absolute Gasteiger partial charge is 0.201 e. The van der Waals surface area contributed by atoms with Crippen molar-refractivity contribution in [3.63, 3.8) is 0 Å². The van der Waals surface area contributed by atoms with Crippen molar-refractivity contribution in [2.24, 2.45) is 0 Å². The molecule has 0 saturated heterocycles. The Morgan fingerprint density at radius 3 is 1.43 bits per heavy atom. The van der Waals surface area contributed by atoms with Crippen molar-refractivity contribution >= 4 is 0 Å². The third kappa shape index (κ3) is 2.43. The van der Waals surface area contributed by atoms with Crippen LogP contribution in [0.25, 0.3) is 0 Å². The third-order valence-corrected chi connectivity index (χ3v) is 1.63. The average Bonchev–Trinajstić information content (AvgIpc) is 2.01. The first-order valence-electron chi connectivity index (χ1n) is 3.62. The minimum absolute atomic E-state index is 0.537. The lowest BCUT2D eigenvalue weighted by molar-refractivity contribution is -0.137. The van der Waals surface area contributed by atoms with Crippen LogP contribution < -0.4 is 0 Å². The molecule has 0 spiro atoms. The summed E-state index contributed by atoms with van der Waals surface area (Å²) >= 11 is 0. The van der Waals surface area contributed by atoms with E-state index in [4.69, 9.17) is 0 Å². The number of hydrogen-bond donors (Lipinski definition) is 0. The van der Waals surface area contributed by atoms with Gasteiger partial charge in [-0.25, -0.2) is 8.78 Å². The van der Waals surface area contributed by atoms with E-state index in [2.05, 4.69) is 6.92 Å². The van der Waals surface area contributed by atoms with Gasteiger partial charge in [-0.3, -0.25) is 0 Å². The first-order valence-corrected chi connectivity index (χ1v) is 3.62. The maximum atomic E-state index is 12.5. The average molecular weight is 209 g/mol. The first-order chi connectivity index (χ1) is 6.21. The minimum Gasteiger partial charge on any atom is -0.201 e. The number of rotatable bonds is 1. The molecular weight excluding hydrogens is 203 g/mol. The van der Waals surface area contributed by atoms with Gasteiger partial charge >= 0.3 is 6.18 Å². The van der Waals surface area contributed by atoms with E-state index in [1.807, 2.05) is 0 Å². The van der Waals surface area contributed by atoms with E-state index in [0.29, 0.717) is 12.1 Å². The summed E-state index contributed by atoms with van der Waals surface area (Å²) in [4.78, 5) is 0. The molecule has 1 rings (SSSR count). The molecule has 0 unspecified atom stereocenters. The fourth-order valence-corrected chi connectivity index (χ4v) is 0.903. The summed E-state index contributed by atoms with van der Waals surface area (Å²) in [6.45, 7) is 2.52. The van der Waals surface area contributed by atoms with E-state index in [0.717, 1.165) is 12.1 Å². The van der Waals surface area contributed by atoms with Crippen molar-refractivity contribution in [3.8, 4) is 0 Å². The van der Waals surface area contributed by atoms with Crippen molar-refractivity contribution in [2.75, 3.05) is 0 Å². The molecule has 0 nitrogen and oxygen atoms in total. The Morgan fingerprint density at radius 2 is 1.14 bits per heavy atom. The highest BCUT2D eigenvalue weighted by Crippen LogP contribution is 2.32. The van der Waals surface area contributed by atoms with Gasteiger partial charge in [0.15, 0.2) is 0 Å². The van der Waals surface area contributed by atoms with Gasteiger partial charge in [0.1, 0.15) is 0 Å². The Morgan fingerprint density at radius 1 is 0.786 bits per heavy atom. The lowest BCUT2D eigenvalue weighted by atomic mass is 10.1. The van der Waals surface area contributed by atoms with Crippen molar-refractivity contribution in [2.45, 2.75) is 12.1 Å². The molecule has 0 aromatic heterocycles. The van der Waals surface area contributed by atoms with E-state index >= 15 is 0 Å². The molecule has 5 heteroatoms. The highest BCUT2D eigenvalue weighted by molar-refractivity contribution is 5.27. The summed E-state index contributed by atoms with van der Waals surface area (Å²) in [6, 6.07) is 2.65. The van der Waals surface area contributed by atoms with Crippen LogP contribution in [0.3, 0.4) is 0 Å². The minimum atomic E-state index is -4.50. The Bertz CT molecular complexity index is 270. The molecule has 1 aromatic rings. The van der Waals surface area contributed by atoms with Crippen LogP contribution >= 0.6 is 0 Å². The highest BCUT2D eigenvalue weighted by Gasteiger charge is 2.31. The molecule has 0 bridgehead atoms. The molecule has 0 amide bonds. The van der Waals surface area contributed by atoms with Crippen molar-refractivity contribution in [1.29, 1.82) is 0 Å². The standard InChI is InChI=1S/C9H6F5/c1-8(10,11)6-2-4-7(5-3-6)9(12,13)14/h2-5H,1H2. The Hall–Kier alpha value is -1.13. The van der Waals surface area contributed by atoms with E-state index < -0.39 is 23.2 Å². The summed E-state index contributed by atoms with van der Waals surface area (Å²) in [5.74, 6) is -3.36. The van der Waals surface area contributed by atoms with Crippen molar-refractivity contribution < 1.29 is 22.0 Å². The quantitative estimate of drug-likeness (QED) is 0.619. The molecule has 0 saturated carbocycles. The van der Waals surface area contributed by atoms with Crippen LogP contribution in [0.4, 0.5) is 22.0 Å². The summed E-state index contributed by atoms with van der Waals surface area (Å²) in [6.07, 6.45) is -4.50. The van der Waals surface area contributed by atoms with Crippen molar-refractivity contribution in [3.05, 3.63) is 42.3 Å². The lowest BCUT2D eigenvalue weighted by Gasteiger charge is -2.11. The van der Waals surface area contributed by atoms with Crippen LogP contribution in [-0.4, -0.2) is 0 Å². The zero-order valence-corrected chi connectivity index (χ0v) is 6.91. The Balaban J connectivity index is 3.02. The number of benzene rings is 1. The summed E-state index contributed by atoms with van der Waals surface area (Å²) in [5, 5.41) is 0. The second-order valence-corrected chi connectivity index (χ2v) is 2.78. The van der Waals surface area contributed by atoms with E-state index in [1.165, 1.54) is 0 Å². The zero-order chi connectivity index (χ0) is 11.0. The molecule has 77 valence electrons. The summed E-state index contributed by atoms with van der Waals surface area (Å²) in [7, 11) is 0. The molecule has 0 aliphatic rings. The van der Waals surface area contributed by atoms with Gasteiger partial charge in [-0.15, -0.1) is 0 Å². The summed E-state index contributed by atoms with van der Waals surface area (Å²) in [5.41, 5.74) is -1.49. The summed E-state index contributed by atoms with van der Waals surface area (Å²) < 4.78 is 61.0. The number of hydrogen-bond acceptors (Lipinski definition) is 0. The maximum absolute atomic E-state index is 12.5. The second-order valence-electron chi connectivity index (χ2n) is 2.78. The van der Waals surface area contributed by atoms with Crippen LogP contribution in [0.5, 0.6) is 0 Å². The third-order valence-electron chi connectivity index (χ3n) is 1.63. The fourth-order valence-electron chi connectivity index (χ4n) is 0.903. The second kappa shape index (κ2) is 3.22. The predicted octanol–water partition coefficient (Wildman–Crippen LogP) is 3.63. The lowest BCUT2D eigenvalue weighted by Crippen LogP contribution is -2.09. The molecule has 0 N–H and O–H groups in total. The van der Waals surface area contributed by atoms with Crippen molar-refractivity contribution in [1.82, 2.24) is 0 Å². The van der Waals surface area contributed by atoms with Gasteiger partial charge in [-0.1, -0.05) is 12.1 Å². The SMILES string of the molecule is [CH2]C(F)(F)c1ccc(C(F)(F)F)cc1. The predicted molar refractivity (Wildman–Crippen MR) is 40.7 cm³/mol. The van der Waals surface area contributed by atoms with Gasteiger partial charge in [-0.05, 0) is 12.1 Å². The molecule has 14 heavy (non-hydrogen) atoms. The van der Waals surface area contributed by atoms with E-state index in [9.17, 15) is 22.0 Å². The van der Waals surface area contributed by atoms with Gasteiger partial charge in [0.2, 0.25) is 0 Å². The molecule has 0 aliphatic heterocycles. The monoisotopic (exact) mass is 209 g/mol. The molecule has 1 aromatic carbocycles. The molecule has 0 fully saturated rings. The Labute approximate surface area is 77.4 Å². The maximum Gasteiger partial charge on any atom is 0.416 e. The van der Waals surface area contributed by atoms with Gasteiger partial charge in [0, 0.05) is 12.5 Å². The van der Waals surface area contributed by atoms with Gasteiger partial charge < -0.3 is 0 Å². The number of alkyl halides is 5. The normalized spacial score (nSPS) is 13.0. The van der Waals surface area contributed by atoms with Crippen LogP contribution in [0.15, 0.2) is 24.3 Å². The van der Waals surface area contributed by atoms with Gasteiger partial charge in [0.25, 0.3) is 5.92 Å². The zero-order valence-electron chi connectivity index (χ0n) is 6.91. The van der Waals surface area contributed by atoms with Crippen LogP contribution in [0.2, 0.25) is 0 Å². The van der Waals surface area contributed by atoms with Crippen LogP contribution in [0.1, 0.15) is 11.1 Å². The molecule has 0 atom stereocenters. The molecule has 0 heterocycles. The molecule has 0 aliphatic carbocycles. The highest BCUT2D eigenvalue weighted by atomic mass is 19.4. The van der Waals surface area contributed by atoms with E-state index in [1.54, 1.807) is 0 Å². The molecule has 1 radical (unpaired) electrons. The first kappa shape index (κ1) is 10.9. The largest absolute Gasteiger partial charge is 0.416 e. The molecular formula is C9H6F5. The van der Waals surface area contributed by atoms with Gasteiger partial charge in [0.05, 0.1) is 5.56 Å². The topological polar surface area (TPSA) is 0 Å².